The van der Waals surface area contributed by atoms with Crippen LogP contribution in [-0.2, 0) is 6.54 Å². The van der Waals surface area contributed by atoms with E-state index in [0.29, 0.717) is 11.7 Å². The summed E-state index contributed by atoms with van der Waals surface area (Å²) in [5.41, 5.74) is 8.58. The number of rotatable bonds is 4. The fourth-order valence-corrected chi connectivity index (χ4v) is 2.04. The van der Waals surface area contributed by atoms with Gasteiger partial charge < -0.3 is 5.73 Å². The van der Waals surface area contributed by atoms with Gasteiger partial charge in [-0.3, -0.25) is 9.88 Å². The molecule has 0 aliphatic rings. The number of halogens is 1. The third kappa shape index (κ3) is 3.69. The Morgan fingerprint density at radius 2 is 1.89 bits per heavy atom. The van der Waals surface area contributed by atoms with Crippen molar-refractivity contribution >= 4 is 17.3 Å². The zero-order valence-corrected chi connectivity index (χ0v) is 11.9. The lowest BCUT2D eigenvalue weighted by Crippen LogP contribution is -2.22. The summed E-state index contributed by atoms with van der Waals surface area (Å²) >= 11 is 5.91. The molecule has 4 heteroatoms. The van der Waals surface area contributed by atoms with Gasteiger partial charge in [-0.25, -0.2) is 0 Å². The molecular formula is C15H18ClN3. The molecule has 0 amide bonds. The van der Waals surface area contributed by atoms with Crippen molar-refractivity contribution in [2.24, 2.45) is 0 Å². The molecule has 1 aromatic carbocycles. The van der Waals surface area contributed by atoms with Gasteiger partial charge in [-0.05, 0) is 43.8 Å². The number of benzene rings is 1. The molecule has 1 heterocycles. The van der Waals surface area contributed by atoms with Crippen LogP contribution in [-0.4, -0.2) is 16.9 Å². The van der Waals surface area contributed by atoms with Gasteiger partial charge in [-0.2, -0.15) is 0 Å². The average Bonchev–Trinajstić information content (AvgIpc) is 2.41. The van der Waals surface area contributed by atoms with E-state index in [9.17, 15) is 0 Å². The topological polar surface area (TPSA) is 42.1 Å². The second-order valence-electron chi connectivity index (χ2n) is 4.73. The first kappa shape index (κ1) is 13.8. The minimum atomic E-state index is 0.302. The normalized spacial score (nSPS) is 12.6. The number of hydrogen-bond acceptors (Lipinski definition) is 3. The maximum absolute atomic E-state index is 5.91. The Labute approximate surface area is 119 Å². The zero-order valence-electron chi connectivity index (χ0n) is 11.2. The Kier molecular flexibility index (Phi) is 4.40. The average molecular weight is 276 g/mol. The van der Waals surface area contributed by atoms with Crippen LogP contribution in [0.1, 0.15) is 24.2 Å². The summed E-state index contributed by atoms with van der Waals surface area (Å²) in [6, 6.07) is 12.1. The smallest absolute Gasteiger partial charge is 0.0545 e. The van der Waals surface area contributed by atoms with E-state index in [4.69, 9.17) is 17.3 Å². The van der Waals surface area contributed by atoms with Gasteiger partial charge >= 0.3 is 0 Å². The number of nitrogens with zero attached hydrogens (tertiary/aromatic N) is 2. The van der Waals surface area contributed by atoms with E-state index in [1.807, 2.05) is 24.3 Å². The lowest BCUT2D eigenvalue weighted by molar-refractivity contribution is 0.250. The molecule has 100 valence electrons. The fraction of sp³-hybridized carbons (Fsp3) is 0.267. The second-order valence-corrected chi connectivity index (χ2v) is 5.16. The standard InChI is InChI=1S/C15H18ClN3/c1-11(12-3-5-13(16)6-4-12)19(2)10-15-8-7-14(17)9-18-15/h3-9,11H,10,17H2,1-2H3. The predicted molar refractivity (Wildman–Crippen MR) is 80.0 cm³/mol. The van der Waals surface area contributed by atoms with Crippen LogP contribution in [0, 0.1) is 0 Å². The first-order valence-corrected chi connectivity index (χ1v) is 6.60. The monoisotopic (exact) mass is 275 g/mol. The van der Waals surface area contributed by atoms with Crippen LogP contribution in [0.5, 0.6) is 0 Å². The molecular weight excluding hydrogens is 258 g/mol. The minimum Gasteiger partial charge on any atom is -0.397 e. The van der Waals surface area contributed by atoms with Crippen LogP contribution in [0.25, 0.3) is 0 Å². The summed E-state index contributed by atoms with van der Waals surface area (Å²) < 4.78 is 0. The fourth-order valence-electron chi connectivity index (χ4n) is 1.92. The molecule has 0 spiro atoms. The van der Waals surface area contributed by atoms with Gasteiger partial charge in [0.05, 0.1) is 17.6 Å². The molecule has 3 nitrogen and oxygen atoms in total. The van der Waals surface area contributed by atoms with E-state index < -0.39 is 0 Å². The first-order chi connectivity index (χ1) is 9.06. The molecule has 0 bridgehead atoms. The lowest BCUT2D eigenvalue weighted by atomic mass is 10.1. The molecule has 2 rings (SSSR count). The number of anilines is 1. The molecule has 0 radical (unpaired) electrons. The van der Waals surface area contributed by atoms with Crippen molar-refractivity contribution in [3.05, 3.63) is 58.9 Å². The van der Waals surface area contributed by atoms with Crippen LogP contribution >= 0.6 is 11.6 Å². The van der Waals surface area contributed by atoms with E-state index in [0.717, 1.165) is 17.3 Å². The van der Waals surface area contributed by atoms with E-state index in [-0.39, 0.29) is 0 Å². The summed E-state index contributed by atoms with van der Waals surface area (Å²) in [6.45, 7) is 2.95. The molecule has 1 atom stereocenters. The number of aromatic nitrogens is 1. The number of pyridine rings is 1. The molecule has 0 fully saturated rings. The van der Waals surface area contributed by atoms with Crippen LogP contribution in [0.2, 0.25) is 5.02 Å². The summed E-state index contributed by atoms with van der Waals surface area (Å²) in [7, 11) is 2.08. The van der Waals surface area contributed by atoms with E-state index >= 15 is 0 Å². The highest BCUT2D eigenvalue weighted by molar-refractivity contribution is 6.30. The summed E-state index contributed by atoms with van der Waals surface area (Å²) in [6.07, 6.45) is 1.69. The van der Waals surface area contributed by atoms with Gasteiger partial charge in [0, 0.05) is 17.6 Å². The van der Waals surface area contributed by atoms with E-state index in [2.05, 4.69) is 36.0 Å². The first-order valence-electron chi connectivity index (χ1n) is 6.22. The SMILES string of the molecule is CC(c1ccc(Cl)cc1)N(C)Cc1ccc(N)cn1. The van der Waals surface area contributed by atoms with Crippen molar-refractivity contribution in [2.45, 2.75) is 19.5 Å². The van der Waals surface area contributed by atoms with E-state index in [1.54, 1.807) is 6.20 Å². The van der Waals surface area contributed by atoms with Crippen LogP contribution in [0.15, 0.2) is 42.6 Å². The Balaban J connectivity index is 2.04. The van der Waals surface area contributed by atoms with Gasteiger partial charge in [0.2, 0.25) is 0 Å². The van der Waals surface area contributed by atoms with Crippen molar-refractivity contribution in [2.75, 3.05) is 12.8 Å². The van der Waals surface area contributed by atoms with Crippen LogP contribution < -0.4 is 5.73 Å². The molecule has 0 aliphatic heterocycles. The van der Waals surface area contributed by atoms with Crippen molar-refractivity contribution in [3.63, 3.8) is 0 Å². The Hall–Kier alpha value is -1.58. The minimum absolute atomic E-state index is 0.302. The third-order valence-electron chi connectivity index (χ3n) is 3.27. The largest absolute Gasteiger partial charge is 0.397 e. The lowest BCUT2D eigenvalue weighted by Gasteiger charge is -2.24. The molecule has 0 saturated carbocycles. The van der Waals surface area contributed by atoms with Gasteiger partial charge in [0.1, 0.15) is 0 Å². The summed E-state index contributed by atoms with van der Waals surface area (Å²) in [5, 5.41) is 0.763. The Bertz CT molecular complexity index is 522. The highest BCUT2D eigenvalue weighted by Crippen LogP contribution is 2.22. The maximum atomic E-state index is 5.91. The predicted octanol–water partition coefficient (Wildman–Crippen LogP) is 3.51. The third-order valence-corrected chi connectivity index (χ3v) is 3.52. The quantitative estimate of drug-likeness (QED) is 0.928. The number of nitrogen functional groups attached to an aromatic ring is 1. The van der Waals surface area contributed by atoms with Crippen molar-refractivity contribution < 1.29 is 0 Å². The van der Waals surface area contributed by atoms with Crippen molar-refractivity contribution in [1.29, 1.82) is 0 Å². The van der Waals surface area contributed by atoms with Gasteiger partial charge in [-0.15, -0.1) is 0 Å². The summed E-state index contributed by atoms with van der Waals surface area (Å²) in [4.78, 5) is 6.56. The second kappa shape index (κ2) is 6.04. The molecule has 0 saturated heterocycles. The van der Waals surface area contributed by atoms with Crippen molar-refractivity contribution in [3.8, 4) is 0 Å². The molecule has 1 aromatic heterocycles. The van der Waals surface area contributed by atoms with Gasteiger partial charge in [0.15, 0.2) is 0 Å². The zero-order chi connectivity index (χ0) is 13.8. The Morgan fingerprint density at radius 3 is 2.47 bits per heavy atom. The number of hydrogen-bond donors (Lipinski definition) is 1. The van der Waals surface area contributed by atoms with Gasteiger partial charge in [-0.1, -0.05) is 23.7 Å². The van der Waals surface area contributed by atoms with Crippen LogP contribution in [0.4, 0.5) is 5.69 Å². The van der Waals surface area contributed by atoms with Gasteiger partial charge in [0.25, 0.3) is 0 Å². The molecule has 1 unspecified atom stereocenters. The highest BCUT2D eigenvalue weighted by atomic mass is 35.5. The van der Waals surface area contributed by atoms with Crippen LogP contribution in [0.3, 0.4) is 0 Å². The molecule has 2 N–H and O–H groups in total. The van der Waals surface area contributed by atoms with E-state index in [1.165, 1.54) is 5.56 Å². The maximum Gasteiger partial charge on any atom is 0.0545 e. The molecule has 19 heavy (non-hydrogen) atoms. The Morgan fingerprint density at radius 1 is 1.21 bits per heavy atom. The molecule has 0 aliphatic carbocycles. The summed E-state index contributed by atoms with van der Waals surface area (Å²) in [5.74, 6) is 0. The molecule has 2 aromatic rings. The number of nitrogens with two attached hydrogens (primary N) is 1. The van der Waals surface area contributed by atoms with Crippen molar-refractivity contribution in [1.82, 2.24) is 9.88 Å². The highest BCUT2D eigenvalue weighted by Gasteiger charge is 2.12.